The lowest BCUT2D eigenvalue weighted by molar-refractivity contribution is -0.151. The molecule has 0 saturated heterocycles. The molecule has 0 spiro atoms. The molecule has 366 valence electrons. The number of ether oxygens (including phenoxy) is 1. The molecular formula is C57H103NO5. The molecule has 0 aliphatic carbocycles. The predicted octanol–water partition coefficient (Wildman–Crippen LogP) is 16.4. The molecule has 6 heteroatoms. The summed E-state index contributed by atoms with van der Waals surface area (Å²) >= 11 is 0. The molecule has 0 aromatic heterocycles. The number of carbonyl (C=O) groups is 2. The summed E-state index contributed by atoms with van der Waals surface area (Å²) in [5.74, 6) is -0.515. The number of hydrogen-bond acceptors (Lipinski definition) is 5. The molecule has 3 unspecified atom stereocenters. The summed E-state index contributed by atoms with van der Waals surface area (Å²) in [5.41, 5.74) is 0. The van der Waals surface area contributed by atoms with Gasteiger partial charge in [0, 0.05) is 6.42 Å². The predicted molar refractivity (Wildman–Crippen MR) is 273 cm³/mol. The average Bonchev–Trinajstić information content (AvgIpc) is 3.28. The number of unbranched alkanes of at least 4 members (excludes halogenated alkanes) is 26. The van der Waals surface area contributed by atoms with Crippen molar-refractivity contribution >= 4 is 11.9 Å². The Bertz CT molecular complexity index is 1130. The van der Waals surface area contributed by atoms with Crippen LogP contribution in [-0.2, 0) is 14.3 Å². The van der Waals surface area contributed by atoms with Gasteiger partial charge in [-0.2, -0.15) is 0 Å². The maximum Gasteiger partial charge on any atom is 0.306 e. The van der Waals surface area contributed by atoms with Crippen molar-refractivity contribution < 1.29 is 24.5 Å². The first-order chi connectivity index (χ1) is 31.0. The normalized spacial score (nSPS) is 13.7. The molecule has 3 atom stereocenters. The third kappa shape index (κ3) is 45.9. The monoisotopic (exact) mass is 882 g/mol. The van der Waals surface area contributed by atoms with Gasteiger partial charge in [0.15, 0.2) is 0 Å². The van der Waals surface area contributed by atoms with Gasteiger partial charge in [0.2, 0.25) is 5.91 Å². The number of allylic oxidation sites excluding steroid dienone is 10. The third-order valence-corrected chi connectivity index (χ3v) is 12.1. The number of nitrogens with one attached hydrogen (secondary N) is 1. The van der Waals surface area contributed by atoms with Crippen LogP contribution in [0.25, 0.3) is 0 Å². The van der Waals surface area contributed by atoms with Crippen molar-refractivity contribution in [1.82, 2.24) is 5.32 Å². The van der Waals surface area contributed by atoms with Crippen LogP contribution in [0.5, 0.6) is 0 Å². The van der Waals surface area contributed by atoms with Crippen LogP contribution >= 0.6 is 0 Å². The fourth-order valence-electron chi connectivity index (χ4n) is 8.00. The molecule has 0 heterocycles. The van der Waals surface area contributed by atoms with Crippen LogP contribution in [0, 0.1) is 0 Å². The Morgan fingerprint density at radius 1 is 0.476 bits per heavy atom. The van der Waals surface area contributed by atoms with Crippen LogP contribution in [0.1, 0.15) is 265 Å². The summed E-state index contributed by atoms with van der Waals surface area (Å²) in [6.07, 6.45) is 62.8. The van der Waals surface area contributed by atoms with E-state index in [4.69, 9.17) is 4.74 Å². The van der Waals surface area contributed by atoms with Crippen molar-refractivity contribution in [3.8, 4) is 0 Å². The van der Waals surface area contributed by atoms with E-state index in [9.17, 15) is 19.8 Å². The maximum atomic E-state index is 13.2. The van der Waals surface area contributed by atoms with Gasteiger partial charge in [-0.25, -0.2) is 0 Å². The Hall–Kier alpha value is -2.44. The SMILES string of the molecule is CC/C=C/C/C=C/C/C=C/C/C=C/CCCCCC(=O)OC(CCCCCCC/C=C\CCCCCC)CC(=O)NC(CO)C(O)CCCCCCCCCCCCCCCCC. The molecule has 63 heavy (non-hydrogen) atoms. The lowest BCUT2D eigenvalue weighted by Crippen LogP contribution is -2.46. The molecule has 0 fully saturated rings. The second-order valence-electron chi connectivity index (χ2n) is 18.2. The minimum absolute atomic E-state index is 0.0583. The highest BCUT2D eigenvalue weighted by molar-refractivity contribution is 5.77. The van der Waals surface area contributed by atoms with Gasteiger partial charge in [-0.05, 0) is 89.9 Å². The lowest BCUT2D eigenvalue weighted by atomic mass is 10.0. The Balaban J connectivity index is 4.60. The minimum atomic E-state index is -0.797. The summed E-state index contributed by atoms with van der Waals surface area (Å²) < 4.78 is 5.92. The van der Waals surface area contributed by atoms with E-state index in [1.54, 1.807) is 0 Å². The first kappa shape index (κ1) is 60.6. The fraction of sp³-hybridized carbons (Fsp3) is 0.789. The van der Waals surface area contributed by atoms with Crippen LogP contribution in [0.2, 0.25) is 0 Å². The van der Waals surface area contributed by atoms with Gasteiger partial charge in [0.1, 0.15) is 6.10 Å². The molecule has 0 saturated carbocycles. The summed E-state index contributed by atoms with van der Waals surface area (Å²) in [6, 6.07) is -0.712. The third-order valence-electron chi connectivity index (χ3n) is 12.1. The quantitative estimate of drug-likeness (QED) is 0.0321. The van der Waals surface area contributed by atoms with Gasteiger partial charge >= 0.3 is 5.97 Å². The number of aliphatic hydroxyl groups excluding tert-OH is 2. The second-order valence-corrected chi connectivity index (χ2v) is 18.2. The number of hydrogen-bond donors (Lipinski definition) is 3. The number of amides is 1. The topological polar surface area (TPSA) is 95.9 Å². The van der Waals surface area contributed by atoms with Crippen molar-refractivity contribution in [1.29, 1.82) is 0 Å². The van der Waals surface area contributed by atoms with E-state index in [0.717, 1.165) is 96.3 Å². The zero-order valence-electron chi connectivity index (χ0n) is 41.7. The highest BCUT2D eigenvalue weighted by Crippen LogP contribution is 2.18. The van der Waals surface area contributed by atoms with Crippen molar-refractivity contribution in [2.45, 2.75) is 283 Å². The largest absolute Gasteiger partial charge is 0.462 e. The number of rotatable bonds is 48. The van der Waals surface area contributed by atoms with Gasteiger partial charge in [0.05, 0.1) is 25.2 Å². The molecular weight excluding hydrogens is 779 g/mol. The Morgan fingerprint density at radius 3 is 1.33 bits per heavy atom. The van der Waals surface area contributed by atoms with E-state index < -0.39 is 18.2 Å². The van der Waals surface area contributed by atoms with Gasteiger partial charge in [-0.15, -0.1) is 0 Å². The Morgan fingerprint density at radius 2 is 0.857 bits per heavy atom. The molecule has 0 aliphatic heterocycles. The van der Waals surface area contributed by atoms with Gasteiger partial charge in [0.25, 0.3) is 0 Å². The first-order valence-corrected chi connectivity index (χ1v) is 27.0. The molecule has 3 N–H and O–H groups in total. The van der Waals surface area contributed by atoms with Gasteiger partial charge in [-0.1, -0.05) is 223 Å². The fourth-order valence-corrected chi connectivity index (χ4v) is 8.00. The smallest absolute Gasteiger partial charge is 0.306 e. The summed E-state index contributed by atoms with van der Waals surface area (Å²) in [7, 11) is 0. The van der Waals surface area contributed by atoms with E-state index in [2.05, 4.69) is 86.8 Å². The average molecular weight is 882 g/mol. The second kappa shape index (κ2) is 50.6. The molecule has 0 rings (SSSR count). The lowest BCUT2D eigenvalue weighted by Gasteiger charge is -2.24. The highest BCUT2D eigenvalue weighted by Gasteiger charge is 2.24. The molecule has 1 amide bonds. The van der Waals surface area contributed by atoms with E-state index in [1.807, 2.05) is 0 Å². The van der Waals surface area contributed by atoms with Crippen molar-refractivity contribution in [3.05, 3.63) is 60.8 Å². The summed E-state index contributed by atoms with van der Waals surface area (Å²) in [4.78, 5) is 26.2. The van der Waals surface area contributed by atoms with Crippen LogP contribution in [0.4, 0.5) is 0 Å². The van der Waals surface area contributed by atoms with Crippen molar-refractivity contribution in [3.63, 3.8) is 0 Å². The van der Waals surface area contributed by atoms with Crippen LogP contribution < -0.4 is 5.32 Å². The Kier molecular flexibility index (Phi) is 48.6. The van der Waals surface area contributed by atoms with E-state index in [-0.39, 0.29) is 24.9 Å². The van der Waals surface area contributed by atoms with Crippen LogP contribution in [0.15, 0.2) is 60.8 Å². The zero-order valence-corrected chi connectivity index (χ0v) is 41.7. The van der Waals surface area contributed by atoms with Gasteiger partial charge < -0.3 is 20.3 Å². The van der Waals surface area contributed by atoms with E-state index in [1.165, 1.54) is 122 Å². The zero-order chi connectivity index (χ0) is 45.9. The minimum Gasteiger partial charge on any atom is -0.462 e. The van der Waals surface area contributed by atoms with Crippen molar-refractivity contribution in [2.75, 3.05) is 6.61 Å². The molecule has 0 aliphatic rings. The highest BCUT2D eigenvalue weighted by atomic mass is 16.5. The Labute approximate surface area is 390 Å². The molecule has 6 nitrogen and oxygen atoms in total. The molecule has 0 aromatic carbocycles. The number of aliphatic hydroxyl groups is 2. The van der Waals surface area contributed by atoms with Crippen molar-refractivity contribution in [2.24, 2.45) is 0 Å². The van der Waals surface area contributed by atoms with Crippen LogP contribution in [-0.4, -0.2) is 46.9 Å². The number of esters is 1. The molecule has 0 radical (unpaired) electrons. The summed E-state index contributed by atoms with van der Waals surface area (Å²) in [6.45, 7) is 6.36. The first-order valence-electron chi connectivity index (χ1n) is 27.0. The number of carbonyl (C=O) groups excluding carboxylic acids is 2. The summed E-state index contributed by atoms with van der Waals surface area (Å²) in [5, 5.41) is 23.8. The molecule has 0 aromatic rings. The molecule has 0 bridgehead atoms. The van der Waals surface area contributed by atoms with E-state index >= 15 is 0 Å². The van der Waals surface area contributed by atoms with Gasteiger partial charge in [-0.3, -0.25) is 9.59 Å². The van der Waals surface area contributed by atoms with Crippen LogP contribution in [0.3, 0.4) is 0 Å². The van der Waals surface area contributed by atoms with E-state index in [0.29, 0.717) is 19.3 Å². The maximum absolute atomic E-state index is 13.2. The standard InChI is InChI=1S/C57H103NO5/c1-4-7-10-13-16-19-22-25-27-29-32-35-38-41-44-47-50-57(62)63-53(48-45-42-39-36-33-30-24-21-18-15-12-9-6-3)51-56(61)58-54(52-59)55(60)49-46-43-40-37-34-31-28-26-23-20-17-14-11-8-5-2/h7,10,16,19,21,24-25,27,32,35,53-55,59-60H,4-6,8-9,11-15,17-18,20,22-23,26,28-31,33-34,36-52H2,1-3H3,(H,58,61)/b10-7+,19-16+,24-21-,27-25+,35-32+.